The average Bonchev–Trinajstić information content (AvgIpc) is 2.59. The molecule has 1 aromatic heterocycles. The zero-order valence-electron chi connectivity index (χ0n) is 13.8. The Morgan fingerprint density at radius 1 is 1.08 bits per heavy atom. The van der Waals surface area contributed by atoms with Crippen molar-refractivity contribution in [2.75, 3.05) is 37.9 Å². The Morgan fingerprint density at radius 2 is 1.71 bits per heavy atom. The summed E-state index contributed by atoms with van der Waals surface area (Å²) in [6.45, 7) is 2.85. The molecular formula is C16H20N4O4. The number of rotatable bonds is 8. The summed E-state index contributed by atoms with van der Waals surface area (Å²) in [6.07, 6.45) is 2.84. The van der Waals surface area contributed by atoms with Crippen LogP contribution in [0.4, 0.5) is 17.1 Å². The Balaban J connectivity index is 1.98. The largest absolute Gasteiger partial charge is 0.497 e. The van der Waals surface area contributed by atoms with Crippen LogP contribution in [0.15, 0.2) is 30.6 Å². The summed E-state index contributed by atoms with van der Waals surface area (Å²) in [5.41, 5.74) is 2.03. The Kier molecular flexibility index (Phi) is 5.78. The first-order chi connectivity index (χ1) is 11.5. The van der Waals surface area contributed by atoms with Gasteiger partial charge in [-0.3, -0.25) is 15.1 Å². The first-order valence-corrected chi connectivity index (χ1v) is 7.35. The molecule has 1 heterocycles. The maximum absolute atomic E-state index is 11.1. The lowest BCUT2D eigenvalue weighted by Gasteiger charge is -2.12. The van der Waals surface area contributed by atoms with Crippen LogP contribution >= 0.6 is 0 Å². The van der Waals surface area contributed by atoms with Gasteiger partial charge in [0.15, 0.2) is 0 Å². The van der Waals surface area contributed by atoms with E-state index in [1.165, 1.54) is 6.20 Å². The van der Waals surface area contributed by atoms with Crippen LogP contribution in [0.25, 0.3) is 0 Å². The van der Waals surface area contributed by atoms with Crippen LogP contribution < -0.4 is 20.1 Å². The number of nitro groups is 1. The number of ether oxygens (including phenoxy) is 2. The highest BCUT2D eigenvalue weighted by Gasteiger charge is 2.15. The molecule has 2 N–H and O–H groups in total. The van der Waals surface area contributed by atoms with Gasteiger partial charge in [-0.2, -0.15) is 0 Å². The summed E-state index contributed by atoms with van der Waals surface area (Å²) in [6, 6.07) is 5.48. The third-order valence-corrected chi connectivity index (χ3v) is 3.42. The first kappa shape index (κ1) is 17.3. The second-order valence-corrected chi connectivity index (χ2v) is 5.06. The number of hydrogen-bond acceptors (Lipinski definition) is 7. The van der Waals surface area contributed by atoms with Gasteiger partial charge >= 0.3 is 5.69 Å². The lowest BCUT2D eigenvalue weighted by atomic mass is 10.2. The molecule has 8 heteroatoms. The van der Waals surface area contributed by atoms with E-state index in [0.29, 0.717) is 30.3 Å². The molecule has 0 aliphatic carbocycles. The van der Waals surface area contributed by atoms with Crippen LogP contribution in [0.3, 0.4) is 0 Å². The highest BCUT2D eigenvalue weighted by molar-refractivity contribution is 5.64. The van der Waals surface area contributed by atoms with E-state index in [9.17, 15) is 10.1 Å². The number of nitrogens with zero attached hydrogens (tertiary/aromatic N) is 2. The van der Waals surface area contributed by atoms with Crippen LogP contribution in [0.5, 0.6) is 11.5 Å². The van der Waals surface area contributed by atoms with E-state index in [-0.39, 0.29) is 5.69 Å². The van der Waals surface area contributed by atoms with Gasteiger partial charge in [-0.25, -0.2) is 0 Å². The van der Waals surface area contributed by atoms with Crippen molar-refractivity contribution in [2.45, 2.75) is 6.92 Å². The fraction of sp³-hybridized carbons (Fsp3) is 0.312. The summed E-state index contributed by atoms with van der Waals surface area (Å²) in [5, 5.41) is 17.4. The maximum Gasteiger partial charge on any atom is 0.310 e. The van der Waals surface area contributed by atoms with Gasteiger partial charge in [0.2, 0.25) is 0 Å². The van der Waals surface area contributed by atoms with E-state index in [0.717, 1.165) is 11.3 Å². The third kappa shape index (κ3) is 4.25. The molecule has 0 aliphatic rings. The van der Waals surface area contributed by atoms with Crippen molar-refractivity contribution in [3.8, 4) is 11.5 Å². The predicted octanol–water partition coefficient (Wildman–Crippen LogP) is 2.84. The summed E-state index contributed by atoms with van der Waals surface area (Å²) in [5.74, 6) is 1.37. The van der Waals surface area contributed by atoms with Crippen LogP contribution in [-0.4, -0.2) is 37.2 Å². The zero-order valence-corrected chi connectivity index (χ0v) is 13.8. The van der Waals surface area contributed by atoms with Crippen molar-refractivity contribution in [1.29, 1.82) is 0 Å². The van der Waals surface area contributed by atoms with Gasteiger partial charge in [0.25, 0.3) is 0 Å². The van der Waals surface area contributed by atoms with Gasteiger partial charge in [-0.05, 0) is 12.5 Å². The van der Waals surface area contributed by atoms with E-state index in [1.54, 1.807) is 33.4 Å². The second-order valence-electron chi connectivity index (χ2n) is 5.06. The Bertz CT molecular complexity index is 699. The number of pyridine rings is 1. The first-order valence-electron chi connectivity index (χ1n) is 7.35. The molecule has 0 unspecified atom stereocenters. The zero-order chi connectivity index (χ0) is 17.5. The summed E-state index contributed by atoms with van der Waals surface area (Å²) in [7, 11) is 3.18. The highest BCUT2D eigenvalue weighted by Crippen LogP contribution is 2.27. The van der Waals surface area contributed by atoms with Gasteiger partial charge < -0.3 is 20.1 Å². The van der Waals surface area contributed by atoms with Crippen LogP contribution in [0.2, 0.25) is 0 Å². The molecule has 2 rings (SSSR count). The number of methoxy groups -OCH3 is 2. The lowest BCUT2D eigenvalue weighted by molar-refractivity contribution is -0.384. The van der Waals surface area contributed by atoms with E-state index >= 15 is 0 Å². The topological polar surface area (TPSA) is 98.5 Å². The molecule has 8 nitrogen and oxygen atoms in total. The standard InChI is InChI=1S/C16H20N4O4/c1-11-9-17-10-15(20(21)22)16(11)19-5-4-18-12-6-13(23-2)8-14(7-12)24-3/h6-10,18H,4-5H2,1-3H3,(H,17,19). The highest BCUT2D eigenvalue weighted by atomic mass is 16.6. The molecule has 0 aliphatic heterocycles. The molecule has 0 saturated heterocycles. The summed E-state index contributed by atoms with van der Waals surface area (Å²) in [4.78, 5) is 14.5. The van der Waals surface area contributed by atoms with Crippen molar-refractivity contribution in [3.63, 3.8) is 0 Å². The van der Waals surface area contributed by atoms with E-state index < -0.39 is 4.92 Å². The van der Waals surface area contributed by atoms with Crippen molar-refractivity contribution in [2.24, 2.45) is 0 Å². The van der Waals surface area contributed by atoms with Gasteiger partial charge in [0.1, 0.15) is 23.4 Å². The Hall–Kier alpha value is -3.03. The SMILES string of the molecule is COc1cc(NCCNc2c(C)cncc2[N+](=O)[O-])cc(OC)c1. The molecule has 0 bridgehead atoms. The quantitative estimate of drug-likeness (QED) is 0.435. The average molecular weight is 332 g/mol. The minimum Gasteiger partial charge on any atom is -0.497 e. The van der Waals surface area contributed by atoms with Gasteiger partial charge in [0.05, 0.1) is 19.1 Å². The Morgan fingerprint density at radius 3 is 2.29 bits per heavy atom. The number of hydrogen-bond donors (Lipinski definition) is 2. The Labute approximate surface area is 140 Å². The summed E-state index contributed by atoms with van der Waals surface area (Å²) >= 11 is 0. The minimum absolute atomic E-state index is 0.0296. The van der Waals surface area contributed by atoms with Crippen LogP contribution in [0.1, 0.15) is 5.56 Å². The number of anilines is 2. The lowest BCUT2D eigenvalue weighted by Crippen LogP contribution is -2.15. The molecule has 0 fully saturated rings. The van der Waals surface area contributed by atoms with Crippen molar-refractivity contribution < 1.29 is 14.4 Å². The monoisotopic (exact) mass is 332 g/mol. The molecule has 0 atom stereocenters. The number of aromatic nitrogens is 1. The smallest absolute Gasteiger partial charge is 0.310 e. The van der Waals surface area contributed by atoms with Gasteiger partial charge in [0, 0.05) is 43.2 Å². The van der Waals surface area contributed by atoms with E-state index in [1.807, 2.05) is 12.1 Å². The molecule has 128 valence electrons. The maximum atomic E-state index is 11.1. The van der Waals surface area contributed by atoms with E-state index in [2.05, 4.69) is 15.6 Å². The predicted molar refractivity (Wildman–Crippen MR) is 92.2 cm³/mol. The molecule has 0 spiro atoms. The van der Waals surface area contributed by atoms with Gasteiger partial charge in [-0.1, -0.05) is 0 Å². The third-order valence-electron chi connectivity index (χ3n) is 3.42. The molecule has 1 aromatic carbocycles. The number of nitrogens with one attached hydrogen (secondary N) is 2. The fourth-order valence-corrected chi connectivity index (χ4v) is 2.22. The number of benzene rings is 1. The molecule has 2 aromatic rings. The normalized spacial score (nSPS) is 10.1. The molecule has 0 saturated carbocycles. The molecular weight excluding hydrogens is 312 g/mol. The van der Waals surface area contributed by atoms with Crippen molar-refractivity contribution >= 4 is 17.1 Å². The van der Waals surface area contributed by atoms with Gasteiger partial charge in [-0.15, -0.1) is 0 Å². The minimum atomic E-state index is -0.442. The van der Waals surface area contributed by atoms with E-state index in [4.69, 9.17) is 9.47 Å². The van der Waals surface area contributed by atoms with Crippen LogP contribution in [0, 0.1) is 17.0 Å². The molecule has 0 radical (unpaired) electrons. The summed E-state index contributed by atoms with van der Waals surface area (Å²) < 4.78 is 10.4. The number of aryl methyl sites for hydroxylation is 1. The fourth-order valence-electron chi connectivity index (χ4n) is 2.22. The van der Waals surface area contributed by atoms with Crippen molar-refractivity contribution in [1.82, 2.24) is 4.98 Å². The van der Waals surface area contributed by atoms with Crippen LogP contribution in [-0.2, 0) is 0 Å². The molecule has 0 amide bonds. The molecule has 24 heavy (non-hydrogen) atoms. The second kappa shape index (κ2) is 8.00. The van der Waals surface area contributed by atoms with Crippen molar-refractivity contribution in [3.05, 3.63) is 46.3 Å².